The van der Waals surface area contributed by atoms with Crippen molar-refractivity contribution in [3.63, 3.8) is 0 Å². The average Bonchev–Trinajstić information content (AvgIpc) is 1.89. The van der Waals surface area contributed by atoms with Gasteiger partial charge >= 0.3 is 0 Å². The van der Waals surface area contributed by atoms with E-state index in [0.717, 1.165) is 6.54 Å². The maximum Gasteiger partial charge on any atom is -0.00142 e. The summed E-state index contributed by atoms with van der Waals surface area (Å²) in [7, 11) is 1.99. The third-order valence-corrected chi connectivity index (χ3v) is 2.35. The Balaban J connectivity index is 3.63. The second kappa shape index (κ2) is 6.16. The lowest BCUT2D eigenvalue weighted by Gasteiger charge is -2.08. The summed E-state index contributed by atoms with van der Waals surface area (Å²) >= 11 is 2.31. The molecule has 0 heterocycles. The molecular formula is C8H16IN. The van der Waals surface area contributed by atoms with Crippen LogP contribution in [0.5, 0.6) is 0 Å². The summed E-state index contributed by atoms with van der Waals surface area (Å²) in [5, 5.41) is 3.14. The largest absolute Gasteiger partial charge is 0.319 e. The first-order chi connectivity index (χ1) is 4.72. The molecule has 0 bridgehead atoms. The van der Waals surface area contributed by atoms with Crippen molar-refractivity contribution < 1.29 is 0 Å². The fraction of sp³-hybridized carbons (Fsp3) is 0.750. The van der Waals surface area contributed by atoms with E-state index in [2.05, 4.69) is 45.8 Å². The molecular weight excluding hydrogens is 237 g/mol. The SMILES string of the molecule is CNCC/C(=C\I)C(C)C. The minimum absolute atomic E-state index is 0.699. The van der Waals surface area contributed by atoms with Crippen LogP contribution < -0.4 is 5.32 Å². The standard InChI is InChI=1S/C8H16IN/c1-7(2)8(6-9)4-5-10-3/h6-7,10H,4-5H2,1-3H3/b8-6+. The van der Waals surface area contributed by atoms with Crippen molar-refractivity contribution in [2.45, 2.75) is 20.3 Å². The molecule has 0 aliphatic heterocycles. The van der Waals surface area contributed by atoms with Gasteiger partial charge in [0.25, 0.3) is 0 Å². The topological polar surface area (TPSA) is 12.0 Å². The van der Waals surface area contributed by atoms with E-state index in [0.29, 0.717) is 5.92 Å². The van der Waals surface area contributed by atoms with Gasteiger partial charge in [0.15, 0.2) is 0 Å². The summed E-state index contributed by atoms with van der Waals surface area (Å²) in [5.74, 6) is 0.699. The summed E-state index contributed by atoms with van der Waals surface area (Å²) in [6.07, 6.45) is 1.18. The van der Waals surface area contributed by atoms with Crippen LogP contribution in [-0.4, -0.2) is 13.6 Å². The van der Waals surface area contributed by atoms with Crippen molar-refractivity contribution in [2.75, 3.05) is 13.6 Å². The van der Waals surface area contributed by atoms with Gasteiger partial charge in [-0.2, -0.15) is 0 Å². The molecule has 0 radical (unpaired) electrons. The van der Waals surface area contributed by atoms with Crippen molar-refractivity contribution >= 4 is 22.6 Å². The highest BCUT2D eigenvalue weighted by atomic mass is 127. The van der Waals surface area contributed by atoms with Crippen molar-refractivity contribution in [3.8, 4) is 0 Å². The van der Waals surface area contributed by atoms with Gasteiger partial charge in [0, 0.05) is 0 Å². The van der Waals surface area contributed by atoms with Crippen LogP contribution in [0.3, 0.4) is 0 Å². The van der Waals surface area contributed by atoms with E-state index >= 15 is 0 Å². The van der Waals surface area contributed by atoms with Crippen molar-refractivity contribution in [2.24, 2.45) is 5.92 Å². The van der Waals surface area contributed by atoms with Crippen molar-refractivity contribution in [1.29, 1.82) is 0 Å². The molecule has 0 spiro atoms. The molecule has 0 saturated carbocycles. The van der Waals surface area contributed by atoms with Crippen molar-refractivity contribution in [1.82, 2.24) is 5.32 Å². The molecule has 0 atom stereocenters. The molecule has 0 aromatic rings. The zero-order valence-electron chi connectivity index (χ0n) is 6.95. The molecule has 0 aromatic carbocycles. The van der Waals surface area contributed by atoms with Gasteiger partial charge in [-0.15, -0.1) is 0 Å². The maximum absolute atomic E-state index is 3.14. The van der Waals surface area contributed by atoms with Gasteiger partial charge in [-0.3, -0.25) is 0 Å². The van der Waals surface area contributed by atoms with E-state index in [-0.39, 0.29) is 0 Å². The molecule has 0 saturated heterocycles. The van der Waals surface area contributed by atoms with E-state index in [1.165, 1.54) is 12.0 Å². The number of nitrogens with one attached hydrogen (secondary N) is 1. The average molecular weight is 253 g/mol. The molecule has 10 heavy (non-hydrogen) atoms. The Hall–Kier alpha value is 0.430. The molecule has 0 aromatic heterocycles. The minimum Gasteiger partial charge on any atom is -0.319 e. The summed E-state index contributed by atoms with van der Waals surface area (Å²) in [6, 6.07) is 0. The van der Waals surface area contributed by atoms with Gasteiger partial charge in [0.1, 0.15) is 0 Å². The monoisotopic (exact) mass is 253 g/mol. The molecule has 0 aliphatic carbocycles. The van der Waals surface area contributed by atoms with E-state index in [1.807, 2.05) is 7.05 Å². The Bertz CT molecular complexity index is 108. The van der Waals surface area contributed by atoms with Crippen LogP contribution in [-0.2, 0) is 0 Å². The summed E-state index contributed by atoms with van der Waals surface area (Å²) in [6.45, 7) is 5.56. The lowest BCUT2D eigenvalue weighted by molar-refractivity contribution is 0.683. The second-order valence-corrected chi connectivity index (χ2v) is 3.32. The highest BCUT2D eigenvalue weighted by Crippen LogP contribution is 2.14. The fourth-order valence-corrected chi connectivity index (χ4v) is 1.77. The van der Waals surface area contributed by atoms with Crippen molar-refractivity contribution in [3.05, 3.63) is 9.66 Å². The predicted molar refractivity (Wildman–Crippen MR) is 55.5 cm³/mol. The molecule has 60 valence electrons. The molecule has 0 aliphatic rings. The Morgan fingerprint density at radius 1 is 1.60 bits per heavy atom. The number of hydrogen-bond donors (Lipinski definition) is 1. The Morgan fingerprint density at radius 2 is 2.20 bits per heavy atom. The minimum atomic E-state index is 0.699. The smallest absolute Gasteiger partial charge is 0.00142 e. The van der Waals surface area contributed by atoms with Gasteiger partial charge in [0.05, 0.1) is 0 Å². The van der Waals surface area contributed by atoms with Crippen LogP contribution in [0.25, 0.3) is 0 Å². The van der Waals surface area contributed by atoms with Crippen LogP contribution in [0, 0.1) is 5.92 Å². The van der Waals surface area contributed by atoms with Crippen LogP contribution in [0.4, 0.5) is 0 Å². The second-order valence-electron chi connectivity index (χ2n) is 2.69. The van der Waals surface area contributed by atoms with Gasteiger partial charge < -0.3 is 5.32 Å². The van der Waals surface area contributed by atoms with E-state index < -0.39 is 0 Å². The molecule has 1 nitrogen and oxygen atoms in total. The zero-order chi connectivity index (χ0) is 7.98. The zero-order valence-corrected chi connectivity index (χ0v) is 9.10. The molecule has 0 unspecified atom stereocenters. The Labute approximate surface area is 77.4 Å². The molecule has 0 rings (SSSR count). The van der Waals surface area contributed by atoms with Gasteiger partial charge in [-0.05, 0) is 30.0 Å². The van der Waals surface area contributed by atoms with E-state index in [4.69, 9.17) is 0 Å². The molecule has 1 N–H and O–H groups in total. The third-order valence-electron chi connectivity index (χ3n) is 1.55. The normalized spacial score (nSPS) is 12.7. The molecule has 0 fully saturated rings. The lowest BCUT2D eigenvalue weighted by atomic mass is 10.0. The van der Waals surface area contributed by atoms with Crippen LogP contribution in [0.1, 0.15) is 20.3 Å². The van der Waals surface area contributed by atoms with Gasteiger partial charge in [-0.1, -0.05) is 42.0 Å². The number of rotatable bonds is 4. The molecule has 0 amide bonds. The Kier molecular flexibility index (Phi) is 6.43. The fourth-order valence-electron chi connectivity index (χ4n) is 0.739. The first-order valence-electron chi connectivity index (χ1n) is 3.66. The first-order valence-corrected chi connectivity index (χ1v) is 4.90. The molecule has 2 heteroatoms. The Morgan fingerprint density at radius 3 is 2.50 bits per heavy atom. The third kappa shape index (κ3) is 4.28. The van der Waals surface area contributed by atoms with Crippen LogP contribution in [0.2, 0.25) is 0 Å². The van der Waals surface area contributed by atoms with Crippen LogP contribution in [0.15, 0.2) is 9.66 Å². The number of hydrogen-bond acceptors (Lipinski definition) is 1. The summed E-state index contributed by atoms with van der Waals surface area (Å²) < 4.78 is 2.19. The maximum atomic E-state index is 3.14. The quantitative estimate of drug-likeness (QED) is 0.759. The lowest BCUT2D eigenvalue weighted by Crippen LogP contribution is -2.09. The highest BCUT2D eigenvalue weighted by molar-refractivity contribution is 14.1. The number of halogens is 1. The first kappa shape index (κ1) is 10.4. The predicted octanol–water partition coefficient (Wildman–Crippen LogP) is 2.57. The highest BCUT2D eigenvalue weighted by Gasteiger charge is 2.00. The van der Waals surface area contributed by atoms with E-state index in [9.17, 15) is 0 Å². The van der Waals surface area contributed by atoms with Gasteiger partial charge in [-0.25, -0.2) is 0 Å². The van der Waals surface area contributed by atoms with Gasteiger partial charge in [0.2, 0.25) is 0 Å². The van der Waals surface area contributed by atoms with E-state index in [1.54, 1.807) is 0 Å². The summed E-state index contributed by atoms with van der Waals surface area (Å²) in [5.41, 5.74) is 1.54. The van der Waals surface area contributed by atoms with Crippen LogP contribution >= 0.6 is 22.6 Å². The summed E-state index contributed by atoms with van der Waals surface area (Å²) in [4.78, 5) is 0.